The van der Waals surface area contributed by atoms with Crippen molar-refractivity contribution in [3.63, 3.8) is 0 Å². The summed E-state index contributed by atoms with van der Waals surface area (Å²) in [5, 5.41) is 5.16. The molecule has 3 rings (SSSR count). The number of anilines is 1. The van der Waals surface area contributed by atoms with Crippen LogP contribution in [0, 0.1) is 0 Å². The van der Waals surface area contributed by atoms with E-state index in [1.165, 1.54) is 4.90 Å². The van der Waals surface area contributed by atoms with Gasteiger partial charge < -0.3 is 18.9 Å². The number of hydrogen-bond donors (Lipinski definition) is 2. The van der Waals surface area contributed by atoms with Gasteiger partial charge >= 0.3 is 0 Å². The van der Waals surface area contributed by atoms with Crippen LogP contribution in [0.3, 0.4) is 0 Å². The van der Waals surface area contributed by atoms with Crippen molar-refractivity contribution in [3.8, 4) is 0 Å². The van der Waals surface area contributed by atoms with Gasteiger partial charge in [-0.05, 0) is 18.2 Å². The number of hydrogen-bond acceptors (Lipinski definition) is 8. The van der Waals surface area contributed by atoms with E-state index >= 15 is 0 Å². The quantitative estimate of drug-likeness (QED) is 0.157. The lowest BCUT2D eigenvalue weighted by Gasteiger charge is -2.27. The second-order valence-electron chi connectivity index (χ2n) is 8.08. The summed E-state index contributed by atoms with van der Waals surface area (Å²) in [6, 6.07) is 9.42. The molecule has 0 radical (unpaired) electrons. The van der Waals surface area contributed by atoms with Crippen molar-refractivity contribution in [2.75, 3.05) is 51.8 Å². The molecule has 0 aliphatic carbocycles. The number of rotatable bonds is 7. The second kappa shape index (κ2) is 9.96. The number of amides is 2. The zero-order chi connectivity index (χ0) is 23.4. The van der Waals surface area contributed by atoms with Crippen LogP contribution < -0.4 is 5.32 Å². The maximum Gasteiger partial charge on any atom is 0.261 e. The van der Waals surface area contributed by atoms with Crippen LogP contribution in [0.25, 0.3) is 10.8 Å². The van der Waals surface area contributed by atoms with Gasteiger partial charge in [-0.1, -0.05) is 12.1 Å². The van der Waals surface area contributed by atoms with Crippen LogP contribution in [-0.4, -0.2) is 85.3 Å². The molecule has 0 unspecified atom stereocenters. The van der Waals surface area contributed by atoms with E-state index in [0.717, 1.165) is 40.5 Å². The molecule has 0 bridgehead atoms. The first-order valence-corrected chi connectivity index (χ1v) is 11.5. The van der Waals surface area contributed by atoms with Gasteiger partial charge in [-0.25, -0.2) is 0 Å². The second-order valence-corrected chi connectivity index (χ2v) is 9.34. The summed E-state index contributed by atoms with van der Waals surface area (Å²) in [6.45, 7) is 2.24. The molecule has 0 saturated carbocycles. The largest absolute Gasteiger partial charge is 0.759 e. The molecule has 9 nitrogen and oxygen atoms in total. The number of benzene rings is 2. The van der Waals surface area contributed by atoms with E-state index in [-0.39, 0.29) is 11.8 Å². The predicted molar refractivity (Wildman–Crippen MR) is 120 cm³/mol. The van der Waals surface area contributed by atoms with Crippen molar-refractivity contribution in [2.24, 2.45) is 0 Å². The fourth-order valence-electron chi connectivity index (χ4n) is 3.38. The zero-order valence-electron chi connectivity index (χ0n) is 17.6. The molecule has 2 amide bonds. The van der Waals surface area contributed by atoms with Gasteiger partial charge in [0, 0.05) is 63.2 Å². The standard InChI is InChI=1S/C20H25N3O2S.H2O4S/c1-23(2,3)12-5-10-21-17-9-8-16-18-14(17)6-4-7-15(18)19(24)22(11-13-26)20(16)25;1-5(2,3)4/h4,6-9,21H,5,10-13H2,1-3H3;(H2,1,2,3,4)/p-1. The normalized spacial score (nSPS) is 13.8. The first-order valence-electron chi connectivity index (χ1n) is 9.57. The minimum atomic E-state index is -5.17. The molecule has 1 aliphatic heterocycles. The summed E-state index contributed by atoms with van der Waals surface area (Å²) in [7, 11) is 1.36. The van der Waals surface area contributed by atoms with Gasteiger partial charge in [-0.2, -0.15) is 12.6 Å². The summed E-state index contributed by atoms with van der Waals surface area (Å²) in [6.07, 6.45) is 1.04. The van der Waals surface area contributed by atoms with E-state index in [0.29, 0.717) is 23.4 Å². The van der Waals surface area contributed by atoms with E-state index < -0.39 is 10.4 Å². The third-order valence-electron chi connectivity index (χ3n) is 4.64. The van der Waals surface area contributed by atoms with Crippen molar-refractivity contribution in [2.45, 2.75) is 6.42 Å². The number of nitrogens with zero attached hydrogens (tertiary/aromatic N) is 2. The minimum Gasteiger partial charge on any atom is -0.759 e. The highest BCUT2D eigenvalue weighted by Gasteiger charge is 2.32. The molecule has 31 heavy (non-hydrogen) atoms. The molecule has 2 aromatic carbocycles. The van der Waals surface area contributed by atoms with Crippen LogP contribution in [-0.2, 0) is 10.4 Å². The Morgan fingerprint density at radius 1 is 1.03 bits per heavy atom. The Morgan fingerprint density at radius 3 is 2.16 bits per heavy atom. The van der Waals surface area contributed by atoms with Crippen LogP contribution in [0.4, 0.5) is 5.69 Å². The van der Waals surface area contributed by atoms with E-state index in [4.69, 9.17) is 17.5 Å². The monoisotopic (exact) mass is 468 g/mol. The SMILES string of the molecule is C[N+](C)(C)CCCNc1ccc2c3c(cccc13)C(=O)N(CCS)C2=O.O=S(=O)([O-])[O-]. The molecule has 1 aliphatic rings. The lowest BCUT2D eigenvalue weighted by Crippen LogP contribution is -2.41. The predicted octanol–water partition coefficient (Wildman–Crippen LogP) is 1.54. The Kier molecular flexibility index (Phi) is 8.06. The molecule has 11 heteroatoms. The highest BCUT2D eigenvalue weighted by Crippen LogP contribution is 2.34. The first-order chi connectivity index (χ1) is 14.3. The van der Waals surface area contributed by atoms with Gasteiger partial charge in [0.05, 0.1) is 27.7 Å². The third kappa shape index (κ3) is 6.91. The van der Waals surface area contributed by atoms with E-state index in [1.54, 1.807) is 6.07 Å². The molecule has 2 aromatic rings. The summed E-state index contributed by atoms with van der Waals surface area (Å²) < 4.78 is 35.0. The molecule has 0 fully saturated rings. The van der Waals surface area contributed by atoms with Gasteiger partial charge in [0.15, 0.2) is 0 Å². The van der Waals surface area contributed by atoms with Crippen molar-refractivity contribution in [1.29, 1.82) is 0 Å². The Morgan fingerprint density at radius 2 is 1.61 bits per heavy atom. The van der Waals surface area contributed by atoms with Gasteiger partial charge in [0.2, 0.25) is 0 Å². The molecular weight excluding hydrogens is 442 g/mol. The zero-order valence-corrected chi connectivity index (χ0v) is 19.3. The average Bonchev–Trinajstić information content (AvgIpc) is 2.65. The number of imide groups is 1. The van der Waals surface area contributed by atoms with Crippen LogP contribution in [0.2, 0.25) is 0 Å². The maximum absolute atomic E-state index is 12.7. The van der Waals surface area contributed by atoms with Crippen molar-refractivity contribution in [3.05, 3.63) is 41.5 Å². The van der Waals surface area contributed by atoms with Crippen molar-refractivity contribution < 1.29 is 31.6 Å². The number of nitrogens with one attached hydrogen (secondary N) is 1. The molecular formula is C20H26N3O6S2-. The number of thiol groups is 1. The summed E-state index contributed by atoms with van der Waals surface area (Å²) in [5.41, 5.74) is 2.15. The van der Waals surface area contributed by atoms with Crippen molar-refractivity contribution in [1.82, 2.24) is 4.90 Å². The molecule has 0 aromatic heterocycles. The smallest absolute Gasteiger partial charge is 0.261 e. The summed E-state index contributed by atoms with van der Waals surface area (Å²) >= 11 is 4.17. The topological polar surface area (TPSA) is 130 Å². The first kappa shape index (κ1) is 25.1. The van der Waals surface area contributed by atoms with Gasteiger partial charge in [-0.15, -0.1) is 0 Å². The maximum atomic E-state index is 12.7. The van der Waals surface area contributed by atoms with E-state index in [2.05, 4.69) is 39.1 Å². The van der Waals surface area contributed by atoms with E-state index in [1.807, 2.05) is 24.3 Å². The van der Waals surface area contributed by atoms with Gasteiger partial charge in [0.1, 0.15) is 0 Å². The summed E-state index contributed by atoms with van der Waals surface area (Å²) in [5.74, 6) is -0.0111. The van der Waals surface area contributed by atoms with E-state index in [9.17, 15) is 9.59 Å². The Bertz CT molecular complexity index is 1050. The number of carbonyl (C=O) groups excluding carboxylic acids is 2. The molecule has 170 valence electrons. The molecule has 1 heterocycles. The molecule has 0 atom stereocenters. The van der Waals surface area contributed by atoms with Gasteiger partial charge in [0.25, 0.3) is 11.8 Å². The average molecular weight is 469 g/mol. The number of quaternary nitrogens is 1. The molecule has 1 N–H and O–H groups in total. The fourth-order valence-corrected chi connectivity index (χ4v) is 3.58. The van der Waals surface area contributed by atoms with Crippen LogP contribution in [0.15, 0.2) is 30.3 Å². The molecule has 0 spiro atoms. The third-order valence-corrected chi connectivity index (χ3v) is 4.84. The Labute approximate surface area is 187 Å². The molecule has 0 saturated heterocycles. The van der Waals surface area contributed by atoms with Crippen LogP contribution in [0.5, 0.6) is 0 Å². The fraction of sp³-hybridized carbons (Fsp3) is 0.400. The highest BCUT2D eigenvalue weighted by atomic mass is 32.3. The van der Waals surface area contributed by atoms with Crippen LogP contribution in [0.1, 0.15) is 27.1 Å². The summed E-state index contributed by atoms with van der Waals surface area (Å²) in [4.78, 5) is 26.8. The van der Waals surface area contributed by atoms with Gasteiger partial charge in [-0.3, -0.25) is 22.9 Å². The van der Waals surface area contributed by atoms with Crippen LogP contribution >= 0.6 is 12.6 Å². The minimum absolute atomic E-state index is 0.232. The lowest BCUT2D eigenvalue weighted by molar-refractivity contribution is -0.870. The lowest BCUT2D eigenvalue weighted by atomic mass is 9.93. The Balaban J connectivity index is 0.000000614. The highest BCUT2D eigenvalue weighted by molar-refractivity contribution is 7.80. The van der Waals surface area contributed by atoms with Crippen molar-refractivity contribution >= 4 is 51.3 Å². The Hall–Kier alpha value is -2.18. The number of carbonyl (C=O) groups is 2.